The minimum atomic E-state index is -4.58. The fourth-order valence-corrected chi connectivity index (χ4v) is 2.72. The number of amides is 2. The van der Waals surface area contributed by atoms with Gasteiger partial charge < -0.3 is 10.1 Å². The van der Waals surface area contributed by atoms with Gasteiger partial charge in [0.2, 0.25) is 0 Å². The topological polar surface area (TPSA) is 96.9 Å². The van der Waals surface area contributed by atoms with Crippen molar-refractivity contribution in [3.8, 4) is 5.75 Å². The van der Waals surface area contributed by atoms with Gasteiger partial charge in [-0.25, -0.2) is 10.2 Å². The Balaban J connectivity index is 1.57. The zero-order valence-corrected chi connectivity index (χ0v) is 17.7. The summed E-state index contributed by atoms with van der Waals surface area (Å²) < 4.78 is 43.6. The lowest BCUT2D eigenvalue weighted by Gasteiger charge is -2.09. The van der Waals surface area contributed by atoms with E-state index in [1.807, 2.05) is 5.43 Å². The standard InChI is InChI=1S/C24H18F3N3O4/c1-15(16-10-12-20(13-11-16)34-23(33)17-6-3-2-4-7-17)29-30-22(32)21(31)28-19-9-5-8-18(14-19)24(25,26)27/h2-14H,1H3,(H,28,31)(H,30,32)/b29-15+. The van der Waals surface area contributed by atoms with Gasteiger partial charge in [0, 0.05) is 5.69 Å². The number of carbonyl (C=O) groups excluding carboxylic acids is 3. The molecule has 2 N–H and O–H groups in total. The lowest BCUT2D eigenvalue weighted by molar-refractivity contribution is -0.137. The van der Waals surface area contributed by atoms with Crippen molar-refractivity contribution in [2.75, 3.05) is 5.32 Å². The molecule has 0 radical (unpaired) electrons. The highest BCUT2D eigenvalue weighted by Crippen LogP contribution is 2.30. The highest BCUT2D eigenvalue weighted by Gasteiger charge is 2.30. The molecule has 0 atom stereocenters. The second-order valence-corrected chi connectivity index (χ2v) is 6.95. The first kappa shape index (κ1) is 24.2. The molecule has 7 nitrogen and oxygen atoms in total. The number of alkyl halides is 3. The molecule has 0 saturated carbocycles. The summed E-state index contributed by atoms with van der Waals surface area (Å²) in [5.41, 5.74) is 2.20. The Labute approximate surface area is 192 Å². The first-order chi connectivity index (χ1) is 16.1. The van der Waals surface area contributed by atoms with E-state index in [2.05, 4.69) is 10.4 Å². The average molecular weight is 469 g/mol. The van der Waals surface area contributed by atoms with Crippen LogP contribution in [0.5, 0.6) is 5.75 Å². The highest BCUT2D eigenvalue weighted by atomic mass is 19.4. The van der Waals surface area contributed by atoms with Crippen molar-refractivity contribution < 1.29 is 32.3 Å². The van der Waals surface area contributed by atoms with E-state index in [1.165, 1.54) is 18.2 Å². The SMILES string of the molecule is C/C(=N\NC(=O)C(=O)Nc1cccc(C(F)(F)F)c1)c1ccc(OC(=O)c2ccccc2)cc1. The maximum atomic E-state index is 12.8. The summed E-state index contributed by atoms with van der Waals surface area (Å²) in [6, 6.07) is 18.6. The zero-order valence-electron chi connectivity index (χ0n) is 17.7. The normalized spacial score (nSPS) is 11.5. The van der Waals surface area contributed by atoms with E-state index in [9.17, 15) is 27.6 Å². The van der Waals surface area contributed by atoms with Gasteiger partial charge in [0.25, 0.3) is 0 Å². The Morgan fingerprint density at radius 2 is 1.50 bits per heavy atom. The predicted octanol–water partition coefficient (Wildman–Crippen LogP) is 4.40. The molecule has 174 valence electrons. The number of anilines is 1. The van der Waals surface area contributed by atoms with E-state index in [1.54, 1.807) is 49.4 Å². The first-order valence-corrected chi connectivity index (χ1v) is 9.84. The minimum Gasteiger partial charge on any atom is -0.423 e. The molecule has 3 aromatic rings. The third kappa shape index (κ3) is 6.52. The van der Waals surface area contributed by atoms with Crippen molar-refractivity contribution in [1.29, 1.82) is 0 Å². The van der Waals surface area contributed by atoms with Gasteiger partial charge in [-0.15, -0.1) is 0 Å². The fourth-order valence-electron chi connectivity index (χ4n) is 2.72. The van der Waals surface area contributed by atoms with Crippen molar-refractivity contribution in [3.05, 3.63) is 95.6 Å². The number of benzene rings is 3. The third-order valence-corrected chi connectivity index (χ3v) is 4.47. The molecule has 0 aliphatic rings. The number of nitrogens with zero attached hydrogens (tertiary/aromatic N) is 1. The molecular weight excluding hydrogens is 451 g/mol. The number of halogens is 3. The molecule has 3 aromatic carbocycles. The molecule has 0 aliphatic heterocycles. The van der Waals surface area contributed by atoms with Crippen LogP contribution in [0.15, 0.2) is 84.0 Å². The highest BCUT2D eigenvalue weighted by molar-refractivity contribution is 6.39. The van der Waals surface area contributed by atoms with Crippen LogP contribution in [0.25, 0.3) is 0 Å². The van der Waals surface area contributed by atoms with E-state index in [0.717, 1.165) is 12.1 Å². The molecule has 0 aromatic heterocycles. The fraction of sp³-hybridized carbons (Fsp3) is 0.0833. The smallest absolute Gasteiger partial charge is 0.416 e. The summed E-state index contributed by atoms with van der Waals surface area (Å²) in [7, 11) is 0. The number of carbonyl (C=O) groups is 3. The average Bonchev–Trinajstić information content (AvgIpc) is 2.83. The number of hydrazone groups is 1. The largest absolute Gasteiger partial charge is 0.423 e. The quantitative estimate of drug-likeness (QED) is 0.190. The molecule has 0 bridgehead atoms. The molecule has 0 heterocycles. The molecule has 0 unspecified atom stereocenters. The summed E-state index contributed by atoms with van der Waals surface area (Å²) >= 11 is 0. The van der Waals surface area contributed by atoms with Crippen molar-refractivity contribution in [3.63, 3.8) is 0 Å². The van der Waals surface area contributed by atoms with Crippen molar-refractivity contribution in [2.24, 2.45) is 5.10 Å². The van der Waals surface area contributed by atoms with Gasteiger partial charge >= 0.3 is 24.0 Å². The lowest BCUT2D eigenvalue weighted by Crippen LogP contribution is -2.33. The van der Waals surface area contributed by atoms with Crippen LogP contribution in [0.1, 0.15) is 28.4 Å². The number of hydrogen-bond donors (Lipinski definition) is 2. The van der Waals surface area contributed by atoms with Crippen molar-refractivity contribution in [1.82, 2.24) is 5.43 Å². The Bertz CT molecular complexity index is 1220. The summed E-state index contributed by atoms with van der Waals surface area (Å²) in [4.78, 5) is 36.0. The van der Waals surface area contributed by atoms with Crippen LogP contribution in [0.2, 0.25) is 0 Å². The molecule has 0 aliphatic carbocycles. The van der Waals surface area contributed by atoms with Crippen LogP contribution >= 0.6 is 0 Å². The second-order valence-electron chi connectivity index (χ2n) is 6.95. The minimum absolute atomic E-state index is 0.184. The lowest BCUT2D eigenvalue weighted by atomic mass is 10.1. The van der Waals surface area contributed by atoms with E-state index >= 15 is 0 Å². The summed E-state index contributed by atoms with van der Waals surface area (Å²) in [6.07, 6.45) is -4.58. The van der Waals surface area contributed by atoms with Crippen LogP contribution in [0.3, 0.4) is 0 Å². The van der Waals surface area contributed by atoms with E-state index in [4.69, 9.17) is 4.74 Å². The van der Waals surface area contributed by atoms with E-state index in [0.29, 0.717) is 28.7 Å². The van der Waals surface area contributed by atoms with Gasteiger partial charge in [-0.2, -0.15) is 18.3 Å². The number of rotatable bonds is 5. The number of ether oxygens (including phenoxy) is 1. The molecule has 2 amide bonds. The number of nitrogens with one attached hydrogen (secondary N) is 2. The maximum Gasteiger partial charge on any atom is 0.416 e. The van der Waals surface area contributed by atoms with Crippen LogP contribution in [0, 0.1) is 0 Å². The van der Waals surface area contributed by atoms with Crippen LogP contribution in [0.4, 0.5) is 18.9 Å². The monoisotopic (exact) mass is 469 g/mol. The Kier molecular flexibility index (Phi) is 7.42. The predicted molar refractivity (Wildman–Crippen MR) is 118 cm³/mol. The molecule has 34 heavy (non-hydrogen) atoms. The molecule has 0 fully saturated rings. The van der Waals surface area contributed by atoms with Gasteiger partial charge in [-0.3, -0.25) is 9.59 Å². The van der Waals surface area contributed by atoms with Crippen LogP contribution in [-0.2, 0) is 15.8 Å². The summed E-state index contributed by atoms with van der Waals surface area (Å²) in [5.74, 6) is -2.56. The van der Waals surface area contributed by atoms with E-state index in [-0.39, 0.29) is 5.69 Å². The molecule has 0 saturated heterocycles. The van der Waals surface area contributed by atoms with E-state index < -0.39 is 29.5 Å². The van der Waals surface area contributed by atoms with Crippen molar-refractivity contribution in [2.45, 2.75) is 13.1 Å². The molecular formula is C24H18F3N3O4. The van der Waals surface area contributed by atoms with Gasteiger partial charge in [0.1, 0.15) is 5.75 Å². The number of hydrogen-bond acceptors (Lipinski definition) is 5. The van der Waals surface area contributed by atoms with Crippen molar-refractivity contribution >= 4 is 29.2 Å². The van der Waals surface area contributed by atoms with Gasteiger partial charge in [-0.1, -0.05) is 24.3 Å². The van der Waals surface area contributed by atoms with Crippen LogP contribution < -0.4 is 15.5 Å². The Hall–Kier alpha value is -4.47. The number of esters is 1. The second kappa shape index (κ2) is 10.4. The Morgan fingerprint density at radius 1 is 0.824 bits per heavy atom. The first-order valence-electron chi connectivity index (χ1n) is 9.84. The zero-order chi connectivity index (χ0) is 24.7. The summed E-state index contributed by atoms with van der Waals surface area (Å²) in [6.45, 7) is 1.57. The van der Waals surface area contributed by atoms with Crippen LogP contribution in [-0.4, -0.2) is 23.5 Å². The molecule has 3 rings (SSSR count). The molecule has 0 spiro atoms. The van der Waals surface area contributed by atoms with Gasteiger partial charge in [0.05, 0.1) is 16.8 Å². The Morgan fingerprint density at radius 3 is 2.15 bits per heavy atom. The van der Waals surface area contributed by atoms with Gasteiger partial charge in [0.15, 0.2) is 0 Å². The maximum absolute atomic E-state index is 12.8. The summed E-state index contributed by atoms with van der Waals surface area (Å²) in [5, 5.41) is 5.91. The third-order valence-electron chi connectivity index (χ3n) is 4.47. The molecule has 10 heteroatoms. The van der Waals surface area contributed by atoms with Gasteiger partial charge in [-0.05, 0) is 67.1 Å².